The number of esters is 1. The summed E-state index contributed by atoms with van der Waals surface area (Å²) < 4.78 is 9.52. The Hall–Kier alpha value is -1.59. The molecule has 0 aliphatic carbocycles. The number of alkyl carbamates (subject to hydrolysis) is 1. The third kappa shape index (κ3) is 9.35. The van der Waals surface area contributed by atoms with Crippen molar-refractivity contribution in [3.8, 4) is 0 Å². The highest BCUT2D eigenvalue weighted by Crippen LogP contribution is 2.06. The lowest BCUT2D eigenvalue weighted by atomic mass is 10.2. The predicted molar refractivity (Wildman–Crippen MR) is 60.5 cm³/mol. The molecule has 0 saturated heterocycles. The number of amides is 1. The van der Waals surface area contributed by atoms with E-state index in [1.807, 2.05) is 0 Å². The van der Waals surface area contributed by atoms with Crippen LogP contribution in [0.15, 0.2) is 0 Å². The van der Waals surface area contributed by atoms with E-state index in [0.29, 0.717) is 0 Å². The van der Waals surface area contributed by atoms with Gasteiger partial charge in [-0.15, -0.1) is 0 Å². The smallest absolute Gasteiger partial charge is 0.408 e. The largest absolute Gasteiger partial charge is 0.466 e. The Morgan fingerprint density at radius 3 is 2.24 bits per heavy atom. The lowest BCUT2D eigenvalue weighted by Gasteiger charge is -2.19. The summed E-state index contributed by atoms with van der Waals surface area (Å²) in [6.45, 7) is 6.79. The summed E-state index contributed by atoms with van der Waals surface area (Å²) in [7, 11) is 0. The van der Waals surface area contributed by atoms with Crippen LogP contribution < -0.4 is 5.32 Å². The van der Waals surface area contributed by atoms with Crippen molar-refractivity contribution >= 4 is 17.8 Å². The Morgan fingerprint density at radius 2 is 1.76 bits per heavy atom. The van der Waals surface area contributed by atoms with E-state index < -0.39 is 23.4 Å². The molecule has 1 amide bonds. The molecule has 0 unspecified atom stereocenters. The third-order valence-corrected chi connectivity index (χ3v) is 1.48. The normalized spacial score (nSPS) is 10.6. The maximum Gasteiger partial charge on any atom is 0.408 e. The summed E-state index contributed by atoms with van der Waals surface area (Å²) >= 11 is 0. The maximum absolute atomic E-state index is 11.2. The lowest BCUT2D eigenvalue weighted by molar-refractivity contribution is -0.145. The Morgan fingerprint density at radius 1 is 1.18 bits per heavy atom. The minimum Gasteiger partial charge on any atom is -0.466 e. The van der Waals surface area contributed by atoms with Crippen molar-refractivity contribution in [3.63, 3.8) is 0 Å². The van der Waals surface area contributed by atoms with E-state index in [-0.39, 0.29) is 19.6 Å². The van der Waals surface area contributed by atoms with E-state index >= 15 is 0 Å². The number of ketones is 1. The number of hydrogen-bond donors (Lipinski definition) is 1. The Balaban J connectivity index is 3.85. The molecule has 17 heavy (non-hydrogen) atoms. The molecular weight excluding hydrogens is 226 g/mol. The van der Waals surface area contributed by atoms with Gasteiger partial charge >= 0.3 is 12.1 Å². The van der Waals surface area contributed by atoms with Crippen molar-refractivity contribution in [2.45, 2.75) is 39.7 Å². The second kappa shape index (κ2) is 6.88. The molecule has 0 fully saturated rings. The first-order valence-electron chi connectivity index (χ1n) is 5.38. The Labute approximate surface area is 101 Å². The zero-order chi connectivity index (χ0) is 13.5. The van der Waals surface area contributed by atoms with Gasteiger partial charge in [0.1, 0.15) is 12.0 Å². The van der Waals surface area contributed by atoms with Crippen molar-refractivity contribution in [2.75, 3.05) is 13.2 Å². The molecule has 0 aromatic carbocycles. The minimum absolute atomic E-state index is 0.228. The van der Waals surface area contributed by atoms with Crippen LogP contribution >= 0.6 is 0 Å². The highest BCUT2D eigenvalue weighted by Gasteiger charge is 2.17. The summed E-state index contributed by atoms with van der Waals surface area (Å²) in [6, 6.07) is 0. The molecule has 0 spiro atoms. The van der Waals surface area contributed by atoms with Gasteiger partial charge in [0.05, 0.1) is 13.2 Å². The quantitative estimate of drug-likeness (QED) is 0.578. The van der Waals surface area contributed by atoms with Gasteiger partial charge in [0.25, 0.3) is 0 Å². The van der Waals surface area contributed by atoms with Crippen molar-refractivity contribution in [1.82, 2.24) is 5.32 Å². The van der Waals surface area contributed by atoms with Gasteiger partial charge in [-0.2, -0.15) is 0 Å². The van der Waals surface area contributed by atoms with Gasteiger partial charge in [-0.25, -0.2) is 4.79 Å². The summed E-state index contributed by atoms with van der Waals surface area (Å²) in [5, 5.41) is 2.27. The predicted octanol–water partition coefficient (Wildman–Crippen LogP) is 1.03. The molecule has 0 saturated carbocycles. The first-order chi connectivity index (χ1) is 7.74. The molecule has 0 aromatic rings. The van der Waals surface area contributed by atoms with Crippen molar-refractivity contribution in [1.29, 1.82) is 0 Å². The summed E-state index contributed by atoms with van der Waals surface area (Å²) in [5.41, 5.74) is -0.617. The van der Waals surface area contributed by atoms with Crippen LogP contribution in [0.2, 0.25) is 0 Å². The highest BCUT2D eigenvalue weighted by atomic mass is 16.6. The minimum atomic E-state index is -0.685. The fourth-order valence-electron chi connectivity index (χ4n) is 0.920. The average Bonchev–Trinajstić information content (AvgIpc) is 2.12. The number of rotatable bonds is 5. The SMILES string of the molecule is CCOC(=O)CC(=O)CNC(=O)OC(C)(C)C. The van der Waals surface area contributed by atoms with Crippen LogP contribution in [0.3, 0.4) is 0 Å². The molecule has 0 aliphatic heterocycles. The van der Waals surface area contributed by atoms with Crippen molar-refractivity contribution < 1.29 is 23.9 Å². The van der Waals surface area contributed by atoms with Gasteiger partial charge in [0.15, 0.2) is 5.78 Å². The molecule has 0 aliphatic rings. The number of ether oxygens (including phenoxy) is 2. The number of hydrogen-bond acceptors (Lipinski definition) is 5. The molecule has 6 nitrogen and oxygen atoms in total. The van der Waals surface area contributed by atoms with Crippen molar-refractivity contribution in [3.05, 3.63) is 0 Å². The summed E-state index contributed by atoms with van der Waals surface area (Å²) in [4.78, 5) is 33.3. The van der Waals surface area contributed by atoms with E-state index in [1.54, 1.807) is 27.7 Å². The number of Topliss-reactive ketones (excluding diaryl/α,β-unsaturated/α-hetero) is 1. The molecule has 0 aromatic heterocycles. The van der Waals surface area contributed by atoms with Gasteiger partial charge in [-0.1, -0.05) is 0 Å². The molecule has 0 radical (unpaired) electrons. The zero-order valence-corrected chi connectivity index (χ0v) is 10.7. The molecule has 0 bridgehead atoms. The van der Waals surface area contributed by atoms with Crippen LogP contribution in [-0.2, 0) is 19.1 Å². The zero-order valence-electron chi connectivity index (χ0n) is 10.7. The molecule has 0 atom stereocenters. The lowest BCUT2D eigenvalue weighted by Crippen LogP contribution is -2.36. The number of nitrogens with one attached hydrogen (secondary N) is 1. The van der Waals surface area contributed by atoms with E-state index in [0.717, 1.165) is 0 Å². The standard InChI is InChI=1S/C11H19NO5/c1-5-16-9(14)6-8(13)7-12-10(15)17-11(2,3)4/h5-7H2,1-4H3,(H,12,15). The molecular formula is C11H19NO5. The van der Waals surface area contributed by atoms with Crippen LogP contribution in [-0.4, -0.2) is 36.6 Å². The first kappa shape index (κ1) is 15.4. The molecule has 98 valence electrons. The second-order valence-corrected chi connectivity index (χ2v) is 4.38. The average molecular weight is 245 g/mol. The Kier molecular flexibility index (Phi) is 6.23. The fraction of sp³-hybridized carbons (Fsp3) is 0.727. The summed E-state index contributed by atoms with van der Waals surface area (Å²) in [6.07, 6.45) is -1.03. The van der Waals surface area contributed by atoms with Gasteiger partial charge in [0.2, 0.25) is 0 Å². The fourth-order valence-corrected chi connectivity index (χ4v) is 0.920. The number of carbonyl (C=O) groups is 3. The van der Waals surface area contributed by atoms with E-state index in [2.05, 4.69) is 10.1 Å². The van der Waals surface area contributed by atoms with Crippen LogP contribution in [0.1, 0.15) is 34.1 Å². The van der Waals surface area contributed by atoms with Gasteiger partial charge in [-0.3, -0.25) is 9.59 Å². The Bertz CT molecular complexity index is 293. The van der Waals surface area contributed by atoms with E-state index in [4.69, 9.17) is 4.74 Å². The van der Waals surface area contributed by atoms with Crippen LogP contribution in [0.4, 0.5) is 4.79 Å². The molecule has 0 rings (SSSR count). The number of carbonyl (C=O) groups excluding carboxylic acids is 3. The molecule has 1 N–H and O–H groups in total. The van der Waals surface area contributed by atoms with E-state index in [9.17, 15) is 14.4 Å². The molecule has 6 heteroatoms. The monoisotopic (exact) mass is 245 g/mol. The van der Waals surface area contributed by atoms with Crippen LogP contribution in [0, 0.1) is 0 Å². The van der Waals surface area contributed by atoms with Gasteiger partial charge in [0, 0.05) is 0 Å². The van der Waals surface area contributed by atoms with Crippen molar-refractivity contribution in [2.24, 2.45) is 0 Å². The second-order valence-electron chi connectivity index (χ2n) is 4.38. The van der Waals surface area contributed by atoms with Crippen LogP contribution in [0.5, 0.6) is 0 Å². The molecule has 0 heterocycles. The first-order valence-corrected chi connectivity index (χ1v) is 5.38. The third-order valence-electron chi connectivity index (χ3n) is 1.48. The van der Waals surface area contributed by atoms with Gasteiger partial charge in [-0.05, 0) is 27.7 Å². The topological polar surface area (TPSA) is 81.7 Å². The van der Waals surface area contributed by atoms with E-state index in [1.165, 1.54) is 0 Å². The summed E-state index contributed by atoms with van der Waals surface area (Å²) in [5.74, 6) is -1.02. The van der Waals surface area contributed by atoms with Crippen LogP contribution in [0.25, 0.3) is 0 Å². The maximum atomic E-state index is 11.2. The van der Waals surface area contributed by atoms with Gasteiger partial charge < -0.3 is 14.8 Å². The highest BCUT2D eigenvalue weighted by molar-refractivity contribution is 5.97.